The number of halogens is 2. The van der Waals surface area contributed by atoms with Crippen LogP contribution in [0.2, 0.25) is 5.02 Å². The number of rotatable bonds is 7. The molecule has 2 aromatic carbocycles. The van der Waals surface area contributed by atoms with Crippen LogP contribution in [0, 0.1) is 11.7 Å². The van der Waals surface area contributed by atoms with Gasteiger partial charge in [0, 0.05) is 23.7 Å². The fourth-order valence-electron chi connectivity index (χ4n) is 5.82. The van der Waals surface area contributed by atoms with Crippen molar-refractivity contribution in [1.29, 1.82) is 0 Å². The molecule has 38 heavy (non-hydrogen) atoms. The van der Waals surface area contributed by atoms with Gasteiger partial charge in [-0.05, 0) is 43.4 Å². The SMILES string of the molecule is COC(=O)c1cc(Cl)c(F)c(CNC(=O)[C@@H]2[C@H]3CC[C@H](C3)N2C(=O)CN2NC(C(N)=O)c3ccccc32)c1. The first kappa shape index (κ1) is 25.9. The molecule has 1 aliphatic carbocycles. The molecule has 2 heterocycles. The van der Waals surface area contributed by atoms with E-state index >= 15 is 0 Å². The van der Waals surface area contributed by atoms with Crippen molar-refractivity contribution in [3.05, 3.63) is 63.9 Å². The minimum atomic E-state index is -0.754. The van der Waals surface area contributed by atoms with Crippen LogP contribution in [-0.4, -0.2) is 54.3 Å². The average molecular weight is 544 g/mol. The number of esters is 1. The number of nitrogens with one attached hydrogen (secondary N) is 2. The molecule has 0 aromatic heterocycles. The molecule has 3 aliphatic rings. The first-order valence-electron chi connectivity index (χ1n) is 12.3. The number of anilines is 1. The summed E-state index contributed by atoms with van der Waals surface area (Å²) >= 11 is 5.94. The van der Waals surface area contributed by atoms with Gasteiger partial charge in [-0.1, -0.05) is 29.8 Å². The summed E-state index contributed by atoms with van der Waals surface area (Å²) in [5.41, 5.74) is 9.98. The third-order valence-corrected chi connectivity index (χ3v) is 7.80. The van der Waals surface area contributed by atoms with E-state index in [9.17, 15) is 23.6 Å². The molecule has 2 aromatic rings. The summed E-state index contributed by atoms with van der Waals surface area (Å²) in [6.45, 7) is -0.314. The summed E-state index contributed by atoms with van der Waals surface area (Å²) < 4.78 is 19.3. The average Bonchev–Trinajstić information content (AvgIpc) is 3.62. The van der Waals surface area contributed by atoms with E-state index in [1.807, 2.05) is 0 Å². The van der Waals surface area contributed by atoms with Crippen molar-refractivity contribution in [2.24, 2.45) is 11.7 Å². The number of carbonyl (C=O) groups is 4. The molecule has 200 valence electrons. The number of piperidine rings is 1. The van der Waals surface area contributed by atoms with E-state index in [4.69, 9.17) is 17.3 Å². The second kappa shape index (κ2) is 10.2. The number of benzene rings is 2. The quantitative estimate of drug-likeness (QED) is 0.453. The molecule has 1 saturated heterocycles. The summed E-state index contributed by atoms with van der Waals surface area (Å²) in [5.74, 6) is -2.69. The van der Waals surface area contributed by atoms with E-state index in [0.717, 1.165) is 18.9 Å². The summed E-state index contributed by atoms with van der Waals surface area (Å²) in [6.07, 6.45) is 2.30. The number of nitrogens with zero attached hydrogens (tertiary/aromatic N) is 2. The summed E-state index contributed by atoms with van der Waals surface area (Å²) in [7, 11) is 1.20. The predicted molar refractivity (Wildman–Crippen MR) is 135 cm³/mol. The molecule has 5 rings (SSSR count). The molecular formula is C26H27ClFN5O5. The van der Waals surface area contributed by atoms with E-state index < -0.39 is 35.7 Å². The molecule has 0 spiro atoms. The highest BCUT2D eigenvalue weighted by Gasteiger charge is 2.51. The van der Waals surface area contributed by atoms with Gasteiger partial charge in [0.25, 0.3) is 0 Å². The smallest absolute Gasteiger partial charge is 0.337 e. The second-order valence-electron chi connectivity index (χ2n) is 9.72. The van der Waals surface area contributed by atoms with Crippen molar-refractivity contribution in [1.82, 2.24) is 15.6 Å². The Labute approximate surface area is 223 Å². The highest BCUT2D eigenvalue weighted by Crippen LogP contribution is 2.43. The van der Waals surface area contributed by atoms with Crippen molar-refractivity contribution in [2.45, 2.75) is 43.9 Å². The van der Waals surface area contributed by atoms with Crippen LogP contribution in [0.25, 0.3) is 0 Å². The Morgan fingerprint density at radius 1 is 1.21 bits per heavy atom. The van der Waals surface area contributed by atoms with E-state index in [2.05, 4.69) is 15.5 Å². The van der Waals surface area contributed by atoms with E-state index in [-0.39, 0.29) is 47.1 Å². The molecular weight excluding hydrogens is 517 g/mol. The topological polar surface area (TPSA) is 134 Å². The van der Waals surface area contributed by atoms with Crippen molar-refractivity contribution in [3.8, 4) is 0 Å². The highest BCUT2D eigenvalue weighted by atomic mass is 35.5. The summed E-state index contributed by atoms with van der Waals surface area (Å²) in [6, 6.07) is 8.05. The molecule has 2 aliphatic heterocycles. The lowest BCUT2D eigenvalue weighted by molar-refractivity contribution is -0.142. The summed E-state index contributed by atoms with van der Waals surface area (Å²) in [5, 5.41) is 4.04. The standard InChI is InChI=1S/C26H27ClFN5O5/c1-38-26(37)14-8-15(21(28)18(27)10-14)11-30-25(36)23-13-6-7-16(9-13)33(23)20(34)12-32-19-5-3-2-4-17(19)22(31-32)24(29)35/h2-5,8,10,13,16,22-23,31H,6-7,9,11-12H2,1H3,(H2,29,35)(H,30,36)/t13-,16+,22?,23-/m0/s1. The molecule has 10 nitrogen and oxygen atoms in total. The highest BCUT2D eigenvalue weighted by molar-refractivity contribution is 6.31. The van der Waals surface area contributed by atoms with Crippen LogP contribution in [0.4, 0.5) is 10.1 Å². The number of hydrazine groups is 1. The number of carbonyl (C=O) groups excluding carboxylic acids is 4. The number of fused-ring (bicyclic) bond motifs is 3. The van der Waals surface area contributed by atoms with Crippen LogP contribution in [0.3, 0.4) is 0 Å². The number of likely N-dealkylation sites (tertiary alicyclic amines) is 1. The Balaban J connectivity index is 1.31. The maximum absolute atomic E-state index is 14.6. The number of ether oxygens (including phenoxy) is 1. The van der Waals surface area contributed by atoms with Gasteiger partial charge < -0.3 is 20.7 Å². The Bertz CT molecular complexity index is 1320. The van der Waals surface area contributed by atoms with Crippen LogP contribution >= 0.6 is 11.6 Å². The van der Waals surface area contributed by atoms with Gasteiger partial charge in [0.15, 0.2) is 0 Å². The lowest BCUT2D eigenvalue weighted by Gasteiger charge is -2.35. The molecule has 2 bridgehead atoms. The van der Waals surface area contributed by atoms with Gasteiger partial charge in [0.05, 0.1) is 23.4 Å². The van der Waals surface area contributed by atoms with E-state index in [1.54, 1.807) is 34.2 Å². The lowest BCUT2D eigenvalue weighted by atomic mass is 9.97. The van der Waals surface area contributed by atoms with Crippen LogP contribution in [-0.2, 0) is 25.7 Å². The third kappa shape index (κ3) is 4.56. The minimum Gasteiger partial charge on any atom is -0.465 e. The fourth-order valence-corrected chi connectivity index (χ4v) is 6.06. The van der Waals surface area contributed by atoms with Gasteiger partial charge in [0.1, 0.15) is 24.4 Å². The number of primary amides is 1. The first-order valence-corrected chi connectivity index (χ1v) is 12.6. The molecule has 1 unspecified atom stereocenters. The number of hydrogen-bond donors (Lipinski definition) is 3. The molecule has 1 saturated carbocycles. The normalized spacial score (nSPS) is 23.3. The third-order valence-electron chi connectivity index (χ3n) is 7.52. The van der Waals surface area contributed by atoms with Crippen molar-refractivity contribution < 1.29 is 28.3 Å². The van der Waals surface area contributed by atoms with Crippen LogP contribution in [0.15, 0.2) is 36.4 Å². The van der Waals surface area contributed by atoms with Crippen molar-refractivity contribution in [2.75, 3.05) is 18.7 Å². The maximum atomic E-state index is 14.6. The van der Waals surface area contributed by atoms with E-state index in [1.165, 1.54) is 13.2 Å². The monoisotopic (exact) mass is 543 g/mol. The maximum Gasteiger partial charge on any atom is 0.337 e. The molecule has 2 fully saturated rings. The molecule has 3 amide bonds. The molecule has 12 heteroatoms. The summed E-state index contributed by atoms with van der Waals surface area (Å²) in [4.78, 5) is 52.3. The number of methoxy groups -OCH3 is 1. The zero-order valence-corrected chi connectivity index (χ0v) is 21.3. The van der Waals surface area contributed by atoms with Gasteiger partial charge >= 0.3 is 5.97 Å². The van der Waals surface area contributed by atoms with Gasteiger partial charge in [-0.2, -0.15) is 0 Å². The zero-order valence-electron chi connectivity index (χ0n) is 20.6. The van der Waals surface area contributed by atoms with Crippen molar-refractivity contribution >= 4 is 41.0 Å². The molecule has 4 atom stereocenters. The first-order chi connectivity index (χ1) is 18.2. The second-order valence-corrected chi connectivity index (χ2v) is 10.1. The number of para-hydroxylation sites is 1. The van der Waals surface area contributed by atoms with Crippen LogP contribution < -0.4 is 21.5 Å². The predicted octanol–water partition coefficient (Wildman–Crippen LogP) is 1.81. The van der Waals surface area contributed by atoms with Crippen LogP contribution in [0.1, 0.15) is 46.8 Å². The van der Waals surface area contributed by atoms with Gasteiger partial charge in [-0.25, -0.2) is 14.6 Å². The number of hydrogen-bond acceptors (Lipinski definition) is 7. The Morgan fingerprint density at radius 2 is 1.97 bits per heavy atom. The van der Waals surface area contributed by atoms with Gasteiger partial charge in [-0.3, -0.25) is 19.4 Å². The molecule has 4 N–H and O–H groups in total. The fraction of sp³-hybridized carbons (Fsp3) is 0.385. The largest absolute Gasteiger partial charge is 0.465 e. The lowest BCUT2D eigenvalue weighted by Crippen LogP contribution is -2.56. The van der Waals surface area contributed by atoms with Crippen molar-refractivity contribution in [3.63, 3.8) is 0 Å². The zero-order chi connectivity index (χ0) is 27.1. The van der Waals surface area contributed by atoms with Crippen LogP contribution in [0.5, 0.6) is 0 Å². The van der Waals surface area contributed by atoms with Gasteiger partial charge in [0.2, 0.25) is 17.7 Å². The van der Waals surface area contributed by atoms with E-state index in [0.29, 0.717) is 17.7 Å². The Morgan fingerprint density at radius 3 is 2.71 bits per heavy atom. The number of nitrogens with two attached hydrogens (primary N) is 1. The Hall–Kier alpha value is -3.70. The molecule has 0 radical (unpaired) electrons. The van der Waals surface area contributed by atoms with Gasteiger partial charge in [-0.15, -0.1) is 0 Å². The number of amides is 3. The minimum absolute atomic E-state index is 0.0176. The Kier molecular flexibility index (Phi) is 6.97.